The minimum Gasteiger partial charge on any atom is -0.488 e. The summed E-state index contributed by atoms with van der Waals surface area (Å²) in [5.74, 6) is 0.393. The molecule has 0 saturated heterocycles. The number of hydrazine groups is 1. The van der Waals surface area contributed by atoms with Crippen molar-refractivity contribution in [1.82, 2.24) is 10.9 Å². The fraction of sp³-hybridized carbons (Fsp3) is 0.231. The van der Waals surface area contributed by atoms with Gasteiger partial charge in [0.1, 0.15) is 12.4 Å². The normalized spacial score (nSPS) is 13.5. The number of rotatable bonds is 6. The molecule has 0 radical (unpaired) electrons. The molecule has 3 aromatic carbocycles. The average Bonchev–Trinajstić information content (AvgIpc) is 3.37. The van der Waals surface area contributed by atoms with Gasteiger partial charge in [-0.3, -0.25) is 20.4 Å². The molecule has 4 rings (SSSR count). The molecule has 1 saturated carbocycles. The van der Waals surface area contributed by atoms with Crippen LogP contribution in [0, 0.1) is 5.92 Å². The Hall–Kier alpha value is -3.60. The molecule has 1 aliphatic rings. The number of benzene rings is 3. The van der Waals surface area contributed by atoms with Crippen LogP contribution in [-0.4, -0.2) is 11.8 Å². The van der Waals surface area contributed by atoms with Gasteiger partial charge >= 0.3 is 0 Å². The zero-order chi connectivity index (χ0) is 21.5. The lowest BCUT2D eigenvalue weighted by Crippen LogP contribution is -2.44. The molecule has 2 amide bonds. The van der Waals surface area contributed by atoms with Gasteiger partial charge < -0.3 is 4.74 Å². The van der Waals surface area contributed by atoms with Crippen molar-refractivity contribution in [1.29, 1.82) is 0 Å². The van der Waals surface area contributed by atoms with Crippen LogP contribution in [-0.2, 0) is 11.4 Å². The molecule has 0 spiro atoms. The van der Waals surface area contributed by atoms with Crippen molar-refractivity contribution < 1.29 is 14.3 Å². The van der Waals surface area contributed by atoms with Gasteiger partial charge in [-0.15, -0.1) is 0 Å². The Morgan fingerprint density at radius 3 is 2.23 bits per heavy atom. The molecule has 5 nitrogen and oxygen atoms in total. The zero-order valence-corrected chi connectivity index (χ0v) is 17.3. The second kappa shape index (κ2) is 9.94. The number of carbonyl (C=O) groups excluding carboxylic acids is 2. The third-order valence-corrected chi connectivity index (χ3v) is 5.61. The molecule has 31 heavy (non-hydrogen) atoms. The van der Waals surface area contributed by atoms with E-state index >= 15 is 0 Å². The molecule has 0 heterocycles. The third-order valence-electron chi connectivity index (χ3n) is 5.61. The molecule has 0 bridgehead atoms. The first-order valence-corrected chi connectivity index (χ1v) is 10.7. The van der Waals surface area contributed by atoms with Crippen molar-refractivity contribution in [2.75, 3.05) is 0 Å². The second-order valence-electron chi connectivity index (χ2n) is 7.77. The predicted molar refractivity (Wildman–Crippen MR) is 120 cm³/mol. The third kappa shape index (κ3) is 5.31. The molecule has 0 aromatic heterocycles. The molecule has 158 valence electrons. The maximum absolute atomic E-state index is 12.3. The maximum Gasteiger partial charge on any atom is 0.269 e. The quantitative estimate of drug-likeness (QED) is 0.565. The summed E-state index contributed by atoms with van der Waals surface area (Å²) in [5, 5.41) is 0. The second-order valence-corrected chi connectivity index (χ2v) is 7.77. The Morgan fingerprint density at radius 1 is 0.806 bits per heavy atom. The van der Waals surface area contributed by atoms with Crippen LogP contribution in [0.1, 0.15) is 41.6 Å². The van der Waals surface area contributed by atoms with Gasteiger partial charge in [0, 0.05) is 17.0 Å². The highest BCUT2D eigenvalue weighted by Gasteiger charge is 2.22. The first-order chi connectivity index (χ1) is 15.2. The van der Waals surface area contributed by atoms with Crippen LogP contribution in [0.2, 0.25) is 0 Å². The van der Waals surface area contributed by atoms with Gasteiger partial charge in [0.15, 0.2) is 0 Å². The topological polar surface area (TPSA) is 67.4 Å². The Morgan fingerprint density at radius 2 is 1.48 bits per heavy atom. The van der Waals surface area contributed by atoms with E-state index in [4.69, 9.17) is 4.74 Å². The zero-order valence-electron chi connectivity index (χ0n) is 17.3. The monoisotopic (exact) mass is 414 g/mol. The molecule has 0 aliphatic heterocycles. The fourth-order valence-corrected chi connectivity index (χ4v) is 3.84. The summed E-state index contributed by atoms with van der Waals surface area (Å²) in [7, 11) is 0. The minimum atomic E-state index is -0.326. The van der Waals surface area contributed by atoms with Gasteiger partial charge in [-0.1, -0.05) is 73.5 Å². The van der Waals surface area contributed by atoms with E-state index in [1.54, 1.807) is 12.1 Å². The number of hydrogen-bond acceptors (Lipinski definition) is 3. The van der Waals surface area contributed by atoms with Crippen molar-refractivity contribution in [3.8, 4) is 16.9 Å². The van der Waals surface area contributed by atoms with E-state index < -0.39 is 0 Å². The molecular weight excluding hydrogens is 388 g/mol. The van der Waals surface area contributed by atoms with E-state index in [2.05, 4.69) is 23.0 Å². The smallest absolute Gasteiger partial charge is 0.269 e. The first-order valence-electron chi connectivity index (χ1n) is 10.7. The van der Waals surface area contributed by atoms with Crippen LogP contribution in [0.3, 0.4) is 0 Å². The largest absolute Gasteiger partial charge is 0.488 e. The predicted octanol–water partition coefficient (Wildman–Crippen LogP) is 4.88. The number of para-hydroxylation sites is 1. The summed E-state index contributed by atoms with van der Waals surface area (Å²) in [4.78, 5) is 24.3. The molecule has 3 aromatic rings. The van der Waals surface area contributed by atoms with Crippen LogP contribution in [0.15, 0.2) is 78.9 Å². The lowest BCUT2D eigenvalue weighted by molar-refractivity contribution is -0.125. The summed E-state index contributed by atoms with van der Waals surface area (Å²) in [5.41, 5.74) is 8.63. The maximum atomic E-state index is 12.3. The van der Waals surface area contributed by atoms with Gasteiger partial charge in [-0.05, 0) is 42.2 Å². The van der Waals surface area contributed by atoms with Crippen LogP contribution in [0.25, 0.3) is 11.1 Å². The fourth-order valence-electron chi connectivity index (χ4n) is 3.84. The highest BCUT2D eigenvalue weighted by molar-refractivity contribution is 5.95. The van der Waals surface area contributed by atoms with Crippen LogP contribution < -0.4 is 15.6 Å². The molecule has 1 aliphatic carbocycles. The Kier molecular flexibility index (Phi) is 6.62. The Balaban J connectivity index is 1.33. The molecule has 1 fully saturated rings. The molecule has 0 unspecified atom stereocenters. The number of nitrogens with one attached hydrogen (secondary N) is 2. The number of ether oxygens (including phenoxy) is 1. The average molecular weight is 415 g/mol. The van der Waals surface area contributed by atoms with E-state index in [1.165, 1.54) is 0 Å². The number of amides is 2. The molecule has 0 atom stereocenters. The highest BCUT2D eigenvalue weighted by Crippen LogP contribution is 2.30. The van der Waals surface area contributed by atoms with Crippen molar-refractivity contribution in [3.63, 3.8) is 0 Å². The summed E-state index contributed by atoms with van der Waals surface area (Å²) < 4.78 is 6.06. The minimum absolute atomic E-state index is 0.0126. The van der Waals surface area contributed by atoms with E-state index in [0.29, 0.717) is 12.2 Å². The van der Waals surface area contributed by atoms with Gasteiger partial charge in [-0.25, -0.2) is 0 Å². The Labute approximate surface area is 182 Å². The van der Waals surface area contributed by atoms with Crippen LogP contribution in [0.5, 0.6) is 5.75 Å². The number of carbonyl (C=O) groups is 2. The van der Waals surface area contributed by atoms with Gasteiger partial charge in [0.2, 0.25) is 5.91 Å². The van der Waals surface area contributed by atoms with E-state index in [1.807, 2.05) is 54.6 Å². The lowest BCUT2D eigenvalue weighted by atomic mass is 10.0. The van der Waals surface area contributed by atoms with Crippen molar-refractivity contribution in [2.24, 2.45) is 5.92 Å². The lowest BCUT2D eigenvalue weighted by Gasteiger charge is -2.13. The summed E-state index contributed by atoms with van der Waals surface area (Å²) in [6.07, 6.45) is 3.93. The van der Waals surface area contributed by atoms with Crippen LogP contribution >= 0.6 is 0 Å². The molecule has 5 heteroatoms. The molecule has 2 N–H and O–H groups in total. The van der Waals surface area contributed by atoms with Crippen molar-refractivity contribution in [2.45, 2.75) is 32.3 Å². The SMILES string of the molecule is O=C(NNC(=O)C1CCCC1)c1ccc(COc2ccccc2-c2ccccc2)cc1. The standard InChI is InChI=1S/C26H26N2O3/c29-25(21-10-4-5-11-21)27-28-26(30)22-16-14-19(15-17-22)18-31-24-13-7-6-12-23(24)20-8-2-1-3-9-20/h1-3,6-9,12-17,21H,4-5,10-11,18H2,(H,27,29)(H,28,30). The van der Waals surface area contributed by atoms with Crippen molar-refractivity contribution >= 4 is 11.8 Å². The first kappa shape index (κ1) is 20.7. The Bertz CT molecular complexity index is 1030. The van der Waals surface area contributed by atoms with Crippen molar-refractivity contribution in [3.05, 3.63) is 90.0 Å². The van der Waals surface area contributed by atoms with Gasteiger partial charge in [0.25, 0.3) is 5.91 Å². The van der Waals surface area contributed by atoms with E-state index in [0.717, 1.165) is 48.1 Å². The molecular formula is C26H26N2O3. The highest BCUT2D eigenvalue weighted by atomic mass is 16.5. The van der Waals surface area contributed by atoms with Gasteiger partial charge in [0.05, 0.1) is 0 Å². The number of hydrogen-bond donors (Lipinski definition) is 2. The summed E-state index contributed by atoms with van der Waals surface area (Å²) >= 11 is 0. The summed E-state index contributed by atoms with van der Waals surface area (Å²) in [6, 6.07) is 25.2. The van der Waals surface area contributed by atoms with E-state index in [-0.39, 0.29) is 17.7 Å². The van der Waals surface area contributed by atoms with Gasteiger partial charge in [-0.2, -0.15) is 0 Å². The van der Waals surface area contributed by atoms with E-state index in [9.17, 15) is 9.59 Å². The van der Waals surface area contributed by atoms with Crippen LogP contribution in [0.4, 0.5) is 0 Å². The summed E-state index contributed by atoms with van der Waals surface area (Å²) in [6.45, 7) is 0.393.